The van der Waals surface area contributed by atoms with Crippen molar-refractivity contribution in [2.75, 3.05) is 6.61 Å². The van der Waals surface area contributed by atoms with Gasteiger partial charge in [-0.05, 0) is 25.7 Å². The van der Waals surface area contributed by atoms with E-state index in [-0.39, 0.29) is 5.97 Å². The van der Waals surface area contributed by atoms with Crippen LogP contribution in [0.1, 0.15) is 464 Å². The quantitative estimate of drug-likeness (QED) is 0.0465. The second-order valence-corrected chi connectivity index (χ2v) is 25.8. The third-order valence-corrected chi connectivity index (χ3v) is 17.2. The van der Waals surface area contributed by atoms with Gasteiger partial charge in [-0.1, -0.05) is 419 Å². The number of carboxylic acids is 2. The van der Waals surface area contributed by atoms with Crippen molar-refractivity contribution in [3.05, 3.63) is 0 Å². The Morgan fingerprint density at radius 3 is 0.488 bits per heavy atom. The summed E-state index contributed by atoms with van der Waals surface area (Å²) in [4.78, 5) is 32.6. The molecule has 0 aromatic heterocycles. The molecule has 0 bridgehead atoms. The molecule has 6 heteroatoms. The van der Waals surface area contributed by atoms with Crippen LogP contribution in [-0.4, -0.2) is 34.7 Å². The second-order valence-electron chi connectivity index (χ2n) is 25.8. The Bertz CT molecular complexity index is 1110. The standard InChI is InChI=1S/C42H84O2.C18H36O2.C16H32O2/c1-3-5-7-9-11-13-15-17-19-21-23-24-26-28-30-32-34-36-38-40-42(43)44-41-39-37-35-33-31-29-27-25-22-20-18-16-14-12-10-8-6-4-2;1-2-3-4-5-6-7-8-9-10-11-12-13-14-15-16-17-18(19)20;1-2-3-4-5-6-7-8-9-10-11-12-13-14-15-16(17)18/h3-41H2,1-2H3;2-17H2,1H3,(H,19,20);2-15H2,1H3,(H,17,18). The number of hydrogen-bond acceptors (Lipinski definition) is 4. The van der Waals surface area contributed by atoms with Gasteiger partial charge in [0.05, 0.1) is 6.61 Å². The molecule has 0 saturated heterocycles. The van der Waals surface area contributed by atoms with Gasteiger partial charge in [0.15, 0.2) is 0 Å². The third kappa shape index (κ3) is 89.6. The molecular weight excluding hydrogens is 1010 g/mol. The number of esters is 1. The van der Waals surface area contributed by atoms with Crippen molar-refractivity contribution < 1.29 is 29.3 Å². The van der Waals surface area contributed by atoms with Gasteiger partial charge in [-0.25, -0.2) is 0 Å². The topological polar surface area (TPSA) is 101 Å². The first kappa shape index (κ1) is 84.6. The molecule has 0 amide bonds. The van der Waals surface area contributed by atoms with Crippen LogP contribution in [0, 0.1) is 0 Å². The minimum Gasteiger partial charge on any atom is -0.481 e. The van der Waals surface area contributed by atoms with Crippen molar-refractivity contribution in [1.29, 1.82) is 0 Å². The van der Waals surface area contributed by atoms with Crippen molar-refractivity contribution in [3.8, 4) is 0 Å². The Labute approximate surface area is 515 Å². The molecule has 2 N–H and O–H groups in total. The summed E-state index contributed by atoms with van der Waals surface area (Å²) >= 11 is 0. The summed E-state index contributed by atoms with van der Waals surface area (Å²) in [6.07, 6.45) is 89.4. The number of aliphatic carboxylic acids is 2. The molecule has 492 valence electrons. The zero-order valence-corrected chi connectivity index (χ0v) is 56.8. The van der Waals surface area contributed by atoms with E-state index in [4.69, 9.17) is 14.9 Å². The van der Waals surface area contributed by atoms with Crippen molar-refractivity contribution in [2.24, 2.45) is 0 Å². The van der Waals surface area contributed by atoms with Crippen molar-refractivity contribution in [2.45, 2.75) is 464 Å². The molecule has 0 aromatic rings. The first-order valence-corrected chi connectivity index (χ1v) is 37.9. The SMILES string of the molecule is CCCCCCCCCCCCCCCC(=O)O.CCCCCCCCCCCCCCCCCC(=O)O.CCCCCCCCCCCCCCCCCCCCCC(=O)OCCCCCCCCCCCCCCCCCCCC. The molecule has 0 fully saturated rings. The lowest BCUT2D eigenvalue weighted by Crippen LogP contribution is -2.05. The van der Waals surface area contributed by atoms with E-state index in [1.165, 1.54) is 379 Å². The van der Waals surface area contributed by atoms with Crippen LogP contribution < -0.4 is 0 Å². The lowest BCUT2D eigenvalue weighted by atomic mass is 10.0. The maximum atomic E-state index is 12.0. The normalized spacial score (nSPS) is 11.1. The molecule has 0 rings (SSSR count). The number of unbranched alkanes of at least 4 members (excludes halogenated alkanes) is 61. The fourth-order valence-corrected chi connectivity index (χ4v) is 11.6. The summed E-state index contributed by atoms with van der Waals surface area (Å²) in [5.74, 6) is -1.28. The van der Waals surface area contributed by atoms with Crippen molar-refractivity contribution in [1.82, 2.24) is 0 Å². The monoisotopic (exact) mass is 1160 g/mol. The predicted molar refractivity (Wildman–Crippen MR) is 363 cm³/mol. The molecule has 0 aliphatic heterocycles. The van der Waals surface area contributed by atoms with Crippen LogP contribution in [0.2, 0.25) is 0 Å². The van der Waals surface area contributed by atoms with Gasteiger partial charge in [0, 0.05) is 19.3 Å². The van der Waals surface area contributed by atoms with Crippen molar-refractivity contribution in [3.63, 3.8) is 0 Å². The lowest BCUT2D eigenvalue weighted by Gasteiger charge is -2.06. The van der Waals surface area contributed by atoms with E-state index < -0.39 is 11.9 Å². The molecule has 0 aromatic carbocycles. The molecule has 0 saturated carbocycles. The van der Waals surface area contributed by atoms with E-state index in [2.05, 4.69) is 27.7 Å². The Hall–Kier alpha value is -1.59. The fraction of sp³-hybridized carbons (Fsp3) is 0.961. The van der Waals surface area contributed by atoms with E-state index in [9.17, 15) is 14.4 Å². The Morgan fingerprint density at radius 1 is 0.195 bits per heavy atom. The third-order valence-electron chi connectivity index (χ3n) is 17.2. The maximum absolute atomic E-state index is 12.0. The van der Waals surface area contributed by atoms with Crippen LogP contribution in [-0.2, 0) is 19.1 Å². The molecular formula is C76H152O6. The highest BCUT2D eigenvalue weighted by molar-refractivity contribution is 5.69. The Kier molecular flexibility index (Phi) is 84.1. The average molecular weight is 1160 g/mol. The summed E-state index contributed by atoms with van der Waals surface area (Å²) in [5, 5.41) is 17.0. The summed E-state index contributed by atoms with van der Waals surface area (Å²) < 4.78 is 5.47. The average Bonchev–Trinajstić information content (AvgIpc) is 3.46. The fourth-order valence-electron chi connectivity index (χ4n) is 11.6. The summed E-state index contributed by atoms with van der Waals surface area (Å²) in [6, 6.07) is 0. The van der Waals surface area contributed by atoms with E-state index in [1.807, 2.05) is 0 Å². The summed E-state index contributed by atoms with van der Waals surface area (Å²) in [7, 11) is 0. The molecule has 0 spiro atoms. The maximum Gasteiger partial charge on any atom is 0.305 e. The molecule has 82 heavy (non-hydrogen) atoms. The first-order chi connectivity index (χ1) is 40.3. The highest BCUT2D eigenvalue weighted by Crippen LogP contribution is 2.19. The molecule has 0 aliphatic rings. The number of rotatable bonds is 69. The van der Waals surface area contributed by atoms with Gasteiger partial charge in [-0.15, -0.1) is 0 Å². The van der Waals surface area contributed by atoms with Crippen LogP contribution in [0.5, 0.6) is 0 Å². The highest BCUT2D eigenvalue weighted by atomic mass is 16.5. The van der Waals surface area contributed by atoms with Gasteiger partial charge in [-0.3, -0.25) is 14.4 Å². The van der Waals surface area contributed by atoms with E-state index in [0.29, 0.717) is 25.9 Å². The minimum atomic E-state index is -0.655. The second kappa shape index (κ2) is 81.5. The molecule has 0 atom stereocenters. The number of ether oxygens (including phenoxy) is 1. The van der Waals surface area contributed by atoms with Crippen LogP contribution in [0.25, 0.3) is 0 Å². The van der Waals surface area contributed by atoms with Gasteiger partial charge in [0.1, 0.15) is 0 Å². The molecule has 0 heterocycles. The van der Waals surface area contributed by atoms with E-state index >= 15 is 0 Å². The number of carbonyl (C=O) groups is 3. The van der Waals surface area contributed by atoms with Crippen LogP contribution in [0.3, 0.4) is 0 Å². The van der Waals surface area contributed by atoms with Crippen LogP contribution >= 0.6 is 0 Å². The van der Waals surface area contributed by atoms with E-state index in [1.54, 1.807) is 0 Å². The summed E-state index contributed by atoms with van der Waals surface area (Å²) in [5.41, 5.74) is 0. The molecule has 0 unspecified atom stereocenters. The zero-order chi connectivity index (χ0) is 60.2. The molecule has 0 aliphatic carbocycles. The molecule has 0 radical (unpaired) electrons. The lowest BCUT2D eigenvalue weighted by molar-refractivity contribution is -0.144. The highest BCUT2D eigenvalue weighted by Gasteiger charge is 2.04. The smallest absolute Gasteiger partial charge is 0.305 e. The van der Waals surface area contributed by atoms with Gasteiger partial charge in [-0.2, -0.15) is 0 Å². The zero-order valence-electron chi connectivity index (χ0n) is 56.8. The molecule has 6 nitrogen and oxygen atoms in total. The number of carboxylic acid groups (broad SMARTS) is 2. The number of carbonyl (C=O) groups excluding carboxylic acids is 1. The minimum absolute atomic E-state index is 0.0314. The summed E-state index contributed by atoms with van der Waals surface area (Å²) in [6.45, 7) is 9.76. The predicted octanol–water partition coefficient (Wildman–Crippen LogP) is 27.3. The van der Waals surface area contributed by atoms with Gasteiger partial charge >= 0.3 is 17.9 Å². The van der Waals surface area contributed by atoms with Gasteiger partial charge in [0.2, 0.25) is 0 Å². The van der Waals surface area contributed by atoms with Crippen molar-refractivity contribution >= 4 is 17.9 Å². The number of hydrogen-bond donors (Lipinski definition) is 2. The van der Waals surface area contributed by atoms with Crippen LogP contribution in [0.4, 0.5) is 0 Å². The van der Waals surface area contributed by atoms with Gasteiger partial charge < -0.3 is 14.9 Å². The first-order valence-electron chi connectivity index (χ1n) is 37.9. The van der Waals surface area contributed by atoms with Gasteiger partial charge in [0.25, 0.3) is 0 Å². The Balaban J connectivity index is -0.00000135. The Morgan fingerprint density at radius 2 is 0.329 bits per heavy atom. The van der Waals surface area contributed by atoms with Crippen LogP contribution in [0.15, 0.2) is 0 Å². The van der Waals surface area contributed by atoms with E-state index in [0.717, 1.165) is 38.5 Å². The largest absolute Gasteiger partial charge is 0.481 e.